The van der Waals surface area contributed by atoms with Crippen LogP contribution in [0.15, 0.2) is 18.3 Å². The van der Waals surface area contributed by atoms with Gasteiger partial charge in [-0.3, -0.25) is 0 Å². The SMILES string of the molecule is CN(Cc1ccnc(C#N)c1)CC1CC(O)C1. The molecule has 4 nitrogen and oxygen atoms in total. The quantitative estimate of drug-likeness (QED) is 0.844. The molecule has 1 aliphatic carbocycles. The fourth-order valence-corrected chi connectivity index (χ4v) is 2.30. The van der Waals surface area contributed by atoms with Crippen molar-refractivity contribution in [3.05, 3.63) is 29.6 Å². The minimum absolute atomic E-state index is 0.0838. The Bertz CT molecular complexity index is 421. The summed E-state index contributed by atoms with van der Waals surface area (Å²) >= 11 is 0. The Labute approximate surface area is 102 Å². The summed E-state index contributed by atoms with van der Waals surface area (Å²) in [6.45, 7) is 1.82. The van der Waals surface area contributed by atoms with Gasteiger partial charge in [0.05, 0.1) is 6.10 Å². The van der Waals surface area contributed by atoms with E-state index in [-0.39, 0.29) is 6.10 Å². The van der Waals surface area contributed by atoms with Crippen LogP contribution in [0.25, 0.3) is 0 Å². The van der Waals surface area contributed by atoms with E-state index in [4.69, 9.17) is 5.26 Å². The van der Waals surface area contributed by atoms with Gasteiger partial charge in [0.1, 0.15) is 11.8 Å². The van der Waals surface area contributed by atoms with Gasteiger partial charge in [-0.15, -0.1) is 0 Å². The van der Waals surface area contributed by atoms with E-state index in [1.165, 1.54) is 0 Å². The van der Waals surface area contributed by atoms with E-state index in [0.29, 0.717) is 11.6 Å². The van der Waals surface area contributed by atoms with Crippen LogP contribution >= 0.6 is 0 Å². The lowest BCUT2D eigenvalue weighted by Gasteiger charge is -2.34. The lowest BCUT2D eigenvalue weighted by Crippen LogP contribution is -2.36. The van der Waals surface area contributed by atoms with Crippen molar-refractivity contribution in [3.8, 4) is 6.07 Å². The molecule has 0 unspecified atom stereocenters. The highest BCUT2D eigenvalue weighted by atomic mass is 16.3. The second-order valence-electron chi connectivity index (χ2n) is 4.85. The molecule has 0 atom stereocenters. The third-order valence-corrected chi connectivity index (χ3v) is 3.17. The summed E-state index contributed by atoms with van der Waals surface area (Å²) in [5, 5.41) is 18.0. The number of pyridine rings is 1. The number of rotatable bonds is 4. The monoisotopic (exact) mass is 231 g/mol. The summed E-state index contributed by atoms with van der Waals surface area (Å²) in [5.41, 5.74) is 1.58. The average Bonchev–Trinajstić information content (AvgIpc) is 2.27. The first-order chi connectivity index (χ1) is 8.17. The van der Waals surface area contributed by atoms with Gasteiger partial charge in [-0.2, -0.15) is 5.26 Å². The second-order valence-corrected chi connectivity index (χ2v) is 4.85. The van der Waals surface area contributed by atoms with E-state index >= 15 is 0 Å². The second kappa shape index (κ2) is 5.26. The Balaban J connectivity index is 1.85. The molecule has 1 saturated carbocycles. The summed E-state index contributed by atoms with van der Waals surface area (Å²) < 4.78 is 0. The molecule has 1 aromatic rings. The van der Waals surface area contributed by atoms with E-state index < -0.39 is 0 Å². The van der Waals surface area contributed by atoms with Crippen LogP contribution in [0.4, 0.5) is 0 Å². The molecule has 1 heterocycles. The molecule has 2 rings (SSSR count). The van der Waals surface area contributed by atoms with Crippen LogP contribution in [0, 0.1) is 17.2 Å². The molecule has 1 aliphatic rings. The molecule has 1 fully saturated rings. The predicted molar refractivity (Wildman–Crippen MR) is 64.0 cm³/mol. The zero-order valence-electron chi connectivity index (χ0n) is 10.0. The largest absolute Gasteiger partial charge is 0.393 e. The van der Waals surface area contributed by atoms with Crippen molar-refractivity contribution in [1.82, 2.24) is 9.88 Å². The summed E-state index contributed by atoms with van der Waals surface area (Å²) in [6, 6.07) is 5.81. The van der Waals surface area contributed by atoms with Gasteiger partial charge in [0.25, 0.3) is 0 Å². The Morgan fingerprint density at radius 1 is 1.59 bits per heavy atom. The number of aliphatic hydroxyl groups is 1. The summed E-state index contributed by atoms with van der Waals surface area (Å²) in [5.74, 6) is 0.618. The summed E-state index contributed by atoms with van der Waals surface area (Å²) in [6.07, 6.45) is 3.43. The third-order valence-electron chi connectivity index (χ3n) is 3.17. The highest BCUT2D eigenvalue weighted by Gasteiger charge is 2.27. The topological polar surface area (TPSA) is 60.2 Å². The zero-order valence-corrected chi connectivity index (χ0v) is 10.0. The molecular formula is C13H17N3O. The molecule has 17 heavy (non-hydrogen) atoms. The molecular weight excluding hydrogens is 214 g/mol. The first-order valence-corrected chi connectivity index (χ1v) is 5.89. The molecule has 0 aliphatic heterocycles. The van der Waals surface area contributed by atoms with Crippen LogP contribution in [-0.2, 0) is 6.54 Å². The van der Waals surface area contributed by atoms with Crippen LogP contribution in [-0.4, -0.2) is 34.7 Å². The molecule has 0 amide bonds. The Kier molecular flexibility index (Phi) is 3.72. The van der Waals surface area contributed by atoms with Crippen LogP contribution in [0.1, 0.15) is 24.1 Å². The van der Waals surface area contributed by atoms with Crippen molar-refractivity contribution in [3.63, 3.8) is 0 Å². The maximum Gasteiger partial charge on any atom is 0.140 e. The van der Waals surface area contributed by atoms with Crippen molar-refractivity contribution in [1.29, 1.82) is 5.26 Å². The minimum atomic E-state index is -0.0838. The van der Waals surface area contributed by atoms with E-state index in [0.717, 1.165) is 31.5 Å². The number of hydrogen-bond acceptors (Lipinski definition) is 4. The smallest absolute Gasteiger partial charge is 0.140 e. The van der Waals surface area contributed by atoms with E-state index in [9.17, 15) is 5.11 Å². The molecule has 90 valence electrons. The van der Waals surface area contributed by atoms with Gasteiger partial charge < -0.3 is 10.0 Å². The fourth-order valence-electron chi connectivity index (χ4n) is 2.30. The Morgan fingerprint density at radius 2 is 2.35 bits per heavy atom. The van der Waals surface area contributed by atoms with Crippen molar-refractivity contribution in [2.45, 2.75) is 25.5 Å². The normalized spacial score (nSPS) is 23.2. The first-order valence-electron chi connectivity index (χ1n) is 5.89. The minimum Gasteiger partial charge on any atom is -0.393 e. The Hall–Kier alpha value is -1.44. The zero-order chi connectivity index (χ0) is 12.3. The van der Waals surface area contributed by atoms with Gasteiger partial charge in [-0.05, 0) is 43.5 Å². The first kappa shape index (κ1) is 12.0. The van der Waals surface area contributed by atoms with Gasteiger partial charge in [0.15, 0.2) is 0 Å². The van der Waals surface area contributed by atoms with Crippen LogP contribution in [0.3, 0.4) is 0 Å². The lowest BCUT2D eigenvalue weighted by molar-refractivity contribution is 0.0274. The molecule has 0 saturated heterocycles. The number of nitriles is 1. The van der Waals surface area contributed by atoms with Crippen LogP contribution < -0.4 is 0 Å². The summed E-state index contributed by atoms with van der Waals surface area (Å²) in [4.78, 5) is 6.18. The van der Waals surface area contributed by atoms with E-state index in [2.05, 4.69) is 16.9 Å². The molecule has 4 heteroatoms. The number of aromatic nitrogens is 1. The number of hydrogen-bond donors (Lipinski definition) is 1. The number of aliphatic hydroxyl groups excluding tert-OH is 1. The standard InChI is InChI=1S/C13H17N3O/c1-16(9-11-5-13(17)6-11)8-10-2-3-15-12(4-10)7-14/h2-4,11,13,17H,5-6,8-9H2,1H3. The van der Waals surface area contributed by atoms with Crippen LogP contribution in [0.2, 0.25) is 0 Å². The predicted octanol–water partition coefficient (Wildman–Crippen LogP) is 1.16. The fraction of sp³-hybridized carbons (Fsp3) is 0.538. The lowest BCUT2D eigenvalue weighted by atomic mass is 9.82. The van der Waals surface area contributed by atoms with Gasteiger partial charge in [-0.25, -0.2) is 4.98 Å². The van der Waals surface area contributed by atoms with Gasteiger partial charge in [0.2, 0.25) is 0 Å². The highest BCUT2D eigenvalue weighted by Crippen LogP contribution is 2.27. The molecule has 1 aromatic heterocycles. The van der Waals surface area contributed by atoms with E-state index in [1.807, 2.05) is 18.2 Å². The molecule has 0 bridgehead atoms. The molecule has 1 N–H and O–H groups in total. The van der Waals surface area contributed by atoms with Gasteiger partial charge in [-0.1, -0.05) is 0 Å². The van der Waals surface area contributed by atoms with E-state index in [1.54, 1.807) is 6.20 Å². The average molecular weight is 231 g/mol. The van der Waals surface area contributed by atoms with Crippen molar-refractivity contribution in [2.75, 3.05) is 13.6 Å². The van der Waals surface area contributed by atoms with Crippen molar-refractivity contribution < 1.29 is 5.11 Å². The van der Waals surface area contributed by atoms with Crippen molar-refractivity contribution in [2.24, 2.45) is 5.92 Å². The maximum absolute atomic E-state index is 9.23. The summed E-state index contributed by atoms with van der Waals surface area (Å²) in [7, 11) is 2.07. The highest BCUT2D eigenvalue weighted by molar-refractivity contribution is 5.25. The van der Waals surface area contributed by atoms with Gasteiger partial charge >= 0.3 is 0 Å². The molecule has 0 aromatic carbocycles. The van der Waals surface area contributed by atoms with Gasteiger partial charge in [0, 0.05) is 19.3 Å². The van der Waals surface area contributed by atoms with Crippen molar-refractivity contribution >= 4 is 0 Å². The Morgan fingerprint density at radius 3 is 3.00 bits per heavy atom. The van der Waals surface area contributed by atoms with Crippen LogP contribution in [0.5, 0.6) is 0 Å². The number of nitrogens with zero attached hydrogens (tertiary/aromatic N) is 3. The maximum atomic E-state index is 9.23. The third kappa shape index (κ3) is 3.26. The molecule has 0 spiro atoms. The molecule has 0 radical (unpaired) electrons.